The molecule has 1 aromatic heterocycles. The quantitative estimate of drug-likeness (QED) is 0.378. The highest BCUT2D eigenvalue weighted by Crippen LogP contribution is 2.29. The number of methoxy groups -OCH3 is 1. The number of nitrogens with zero attached hydrogens (tertiary/aromatic N) is 2. The van der Waals surface area contributed by atoms with Crippen LogP contribution in [-0.4, -0.2) is 42.2 Å². The Hall–Kier alpha value is -3.26. The molecule has 33 heavy (non-hydrogen) atoms. The first-order chi connectivity index (χ1) is 15.9. The van der Waals surface area contributed by atoms with Crippen molar-refractivity contribution in [2.24, 2.45) is 0 Å². The molecule has 0 N–H and O–H groups in total. The van der Waals surface area contributed by atoms with Gasteiger partial charge < -0.3 is 18.9 Å². The number of alkyl halides is 3. The summed E-state index contributed by atoms with van der Waals surface area (Å²) in [4.78, 5) is 14.6. The Morgan fingerprint density at radius 3 is 2.55 bits per heavy atom. The van der Waals surface area contributed by atoms with Crippen LogP contribution in [0.3, 0.4) is 0 Å². The maximum absolute atomic E-state index is 13.1. The molecule has 0 atom stereocenters. The van der Waals surface area contributed by atoms with Gasteiger partial charge in [-0.2, -0.15) is 13.2 Å². The van der Waals surface area contributed by atoms with Crippen molar-refractivity contribution < 1.29 is 27.4 Å². The molecule has 0 unspecified atom stereocenters. The van der Waals surface area contributed by atoms with Gasteiger partial charge in [0.2, 0.25) is 0 Å². The molecule has 0 radical (unpaired) electrons. The van der Waals surface area contributed by atoms with Crippen LogP contribution in [0.4, 0.5) is 13.2 Å². The van der Waals surface area contributed by atoms with Crippen LogP contribution in [0.15, 0.2) is 72.9 Å². The molecule has 2 aromatic carbocycles. The number of hydrogen-bond donors (Lipinski definition) is 0. The van der Waals surface area contributed by atoms with E-state index in [4.69, 9.17) is 9.47 Å². The van der Waals surface area contributed by atoms with E-state index in [2.05, 4.69) is 0 Å². The minimum atomic E-state index is -4.39. The lowest BCUT2D eigenvalue weighted by atomic mass is 10.1. The zero-order chi connectivity index (χ0) is 23.7. The Labute approximate surface area is 191 Å². The summed E-state index contributed by atoms with van der Waals surface area (Å²) in [5.41, 5.74) is 0.674. The number of carbonyl (C=O) groups is 1. The van der Waals surface area contributed by atoms with Gasteiger partial charge in [0.05, 0.1) is 12.1 Å². The first-order valence-electron chi connectivity index (χ1n) is 10.6. The third-order valence-corrected chi connectivity index (χ3v) is 5.12. The van der Waals surface area contributed by atoms with E-state index < -0.39 is 11.7 Å². The van der Waals surface area contributed by atoms with Crippen molar-refractivity contribution in [3.8, 4) is 5.75 Å². The van der Waals surface area contributed by atoms with Crippen molar-refractivity contribution in [1.82, 2.24) is 9.47 Å². The third-order valence-electron chi connectivity index (χ3n) is 5.12. The molecule has 0 saturated heterocycles. The average Bonchev–Trinajstić information content (AvgIpc) is 3.23. The third kappa shape index (κ3) is 7.39. The van der Waals surface area contributed by atoms with Crippen LogP contribution in [0.2, 0.25) is 0 Å². The molecule has 8 heteroatoms. The maximum Gasteiger partial charge on any atom is 0.416 e. The van der Waals surface area contributed by atoms with Gasteiger partial charge >= 0.3 is 6.18 Å². The predicted molar refractivity (Wildman–Crippen MR) is 119 cm³/mol. The highest BCUT2D eigenvalue weighted by Gasteiger charge is 2.30. The van der Waals surface area contributed by atoms with Gasteiger partial charge in [0.1, 0.15) is 5.75 Å². The number of ether oxygens (including phenoxy) is 2. The number of amides is 1. The average molecular weight is 460 g/mol. The molecule has 3 rings (SSSR count). The Kier molecular flexibility index (Phi) is 8.54. The van der Waals surface area contributed by atoms with Gasteiger partial charge in [-0.25, -0.2) is 0 Å². The smallest absolute Gasteiger partial charge is 0.416 e. The van der Waals surface area contributed by atoms with Crippen LogP contribution < -0.4 is 4.74 Å². The van der Waals surface area contributed by atoms with Gasteiger partial charge in [0, 0.05) is 38.7 Å². The van der Waals surface area contributed by atoms with Gasteiger partial charge in [-0.1, -0.05) is 30.3 Å². The lowest BCUT2D eigenvalue weighted by molar-refractivity contribution is -0.137. The van der Waals surface area contributed by atoms with Crippen molar-refractivity contribution >= 4 is 5.91 Å². The van der Waals surface area contributed by atoms with Crippen LogP contribution in [0.25, 0.3) is 0 Å². The van der Waals surface area contributed by atoms with E-state index in [9.17, 15) is 18.0 Å². The molecule has 0 fully saturated rings. The van der Waals surface area contributed by atoms with Crippen molar-refractivity contribution in [1.29, 1.82) is 0 Å². The van der Waals surface area contributed by atoms with Crippen LogP contribution >= 0.6 is 0 Å². The lowest BCUT2D eigenvalue weighted by Crippen LogP contribution is -2.36. The molecule has 0 saturated carbocycles. The number of rotatable bonds is 11. The predicted octanol–water partition coefficient (Wildman–Crippen LogP) is 5.00. The number of benzene rings is 2. The standard InChI is InChI=1S/C25H27F3N2O3/c1-32-15-7-14-30(24(31)19-33-23-11-3-2-4-12-23)18-22-10-6-13-29(22)17-20-8-5-9-21(16-20)25(26,27)28/h2-6,8-13,16H,7,14-15,17-19H2,1H3. The summed E-state index contributed by atoms with van der Waals surface area (Å²) in [5.74, 6) is 0.428. The summed E-state index contributed by atoms with van der Waals surface area (Å²) in [6, 6.07) is 18.0. The van der Waals surface area contributed by atoms with Gasteiger partial charge in [-0.15, -0.1) is 0 Å². The van der Waals surface area contributed by atoms with E-state index in [0.29, 0.717) is 37.4 Å². The second-order valence-electron chi connectivity index (χ2n) is 7.59. The summed E-state index contributed by atoms with van der Waals surface area (Å²) in [5, 5.41) is 0. The molecule has 176 valence electrons. The van der Waals surface area contributed by atoms with Crippen LogP contribution in [0, 0.1) is 0 Å². The molecule has 0 aliphatic rings. The van der Waals surface area contributed by atoms with Gasteiger partial charge in [0.15, 0.2) is 6.61 Å². The Balaban J connectivity index is 1.70. The zero-order valence-corrected chi connectivity index (χ0v) is 18.4. The first kappa shape index (κ1) is 24.4. The van der Waals surface area contributed by atoms with E-state index in [0.717, 1.165) is 17.8 Å². The second-order valence-corrected chi connectivity index (χ2v) is 7.59. The normalized spacial score (nSPS) is 11.4. The van der Waals surface area contributed by atoms with Crippen molar-refractivity contribution in [3.63, 3.8) is 0 Å². The van der Waals surface area contributed by atoms with Crippen molar-refractivity contribution in [3.05, 3.63) is 89.7 Å². The fraction of sp³-hybridized carbons (Fsp3) is 0.320. The lowest BCUT2D eigenvalue weighted by Gasteiger charge is -2.24. The SMILES string of the molecule is COCCCN(Cc1cccn1Cc1cccc(C(F)(F)F)c1)C(=O)COc1ccccc1. The molecule has 0 spiro atoms. The Morgan fingerprint density at radius 1 is 1.03 bits per heavy atom. The Bertz CT molecular complexity index is 1020. The number of carbonyl (C=O) groups excluding carboxylic acids is 1. The molecule has 0 bridgehead atoms. The Morgan fingerprint density at radius 2 is 1.82 bits per heavy atom. The highest BCUT2D eigenvalue weighted by atomic mass is 19.4. The summed E-state index contributed by atoms with van der Waals surface area (Å²) in [6.45, 7) is 1.46. The minimum Gasteiger partial charge on any atom is -0.484 e. The van der Waals surface area contributed by atoms with Crippen molar-refractivity contribution in [2.75, 3.05) is 26.9 Å². The molecule has 1 heterocycles. The topological polar surface area (TPSA) is 43.7 Å². The van der Waals surface area contributed by atoms with Crippen LogP contribution in [-0.2, 0) is 28.8 Å². The summed E-state index contributed by atoms with van der Waals surface area (Å²) >= 11 is 0. The van der Waals surface area contributed by atoms with Crippen LogP contribution in [0.1, 0.15) is 23.2 Å². The molecular weight excluding hydrogens is 433 g/mol. The number of para-hydroxylation sites is 1. The van der Waals surface area contributed by atoms with E-state index in [1.807, 2.05) is 34.9 Å². The fourth-order valence-electron chi connectivity index (χ4n) is 3.43. The van der Waals surface area contributed by atoms with Crippen molar-refractivity contribution in [2.45, 2.75) is 25.7 Å². The highest BCUT2D eigenvalue weighted by molar-refractivity contribution is 5.77. The molecule has 1 amide bonds. The fourth-order valence-corrected chi connectivity index (χ4v) is 3.43. The van der Waals surface area contributed by atoms with Crippen LogP contribution in [0.5, 0.6) is 5.75 Å². The summed E-state index contributed by atoms with van der Waals surface area (Å²) in [7, 11) is 1.60. The van der Waals surface area contributed by atoms with Gasteiger partial charge in [-0.05, 0) is 48.4 Å². The number of halogens is 3. The molecule has 0 aliphatic heterocycles. The molecule has 5 nitrogen and oxygen atoms in total. The van der Waals surface area contributed by atoms with E-state index in [1.165, 1.54) is 6.07 Å². The number of aromatic nitrogens is 1. The maximum atomic E-state index is 13.1. The second kappa shape index (κ2) is 11.6. The molecule has 3 aromatic rings. The summed E-state index contributed by atoms with van der Waals surface area (Å²) in [6.07, 6.45) is -1.94. The number of hydrogen-bond acceptors (Lipinski definition) is 3. The molecular formula is C25H27F3N2O3. The summed E-state index contributed by atoms with van der Waals surface area (Å²) < 4.78 is 51.7. The first-order valence-corrected chi connectivity index (χ1v) is 10.6. The van der Waals surface area contributed by atoms with Gasteiger partial charge in [-0.3, -0.25) is 4.79 Å². The van der Waals surface area contributed by atoms with E-state index in [-0.39, 0.29) is 19.1 Å². The van der Waals surface area contributed by atoms with Gasteiger partial charge in [0.25, 0.3) is 5.91 Å². The molecule has 0 aliphatic carbocycles. The largest absolute Gasteiger partial charge is 0.484 e. The monoisotopic (exact) mass is 460 g/mol. The zero-order valence-electron chi connectivity index (χ0n) is 18.4. The minimum absolute atomic E-state index is 0.106. The van der Waals surface area contributed by atoms with E-state index in [1.54, 1.807) is 36.4 Å². The van der Waals surface area contributed by atoms with E-state index >= 15 is 0 Å².